The second-order valence-electron chi connectivity index (χ2n) is 5.13. The maximum atomic E-state index is 11.3. The molecule has 104 valence electrons. The van der Waals surface area contributed by atoms with E-state index < -0.39 is 0 Å². The molecule has 3 rings (SSSR count). The number of aromatic nitrogens is 4. The summed E-state index contributed by atoms with van der Waals surface area (Å²) in [6.07, 6.45) is 5.28. The quantitative estimate of drug-likeness (QED) is 0.815. The smallest absolute Gasteiger partial charge is 0.177 e. The van der Waals surface area contributed by atoms with Gasteiger partial charge in [-0.05, 0) is 31.9 Å². The molecule has 0 radical (unpaired) electrons. The molecule has 2 aromatic heterocycles. The predicted octanol–water partition coefficient (Wildman–Crippen LogP) is 3.09. The average molecular weight is 291 g/mol. The van der Waals surface area contributed by atoms with Crippen LogP contribution in [0.1, 0.15) is 53.3 Å². The van der Waals surface area contributed by atoms with Crippen molar-refractivity contribution in [3.63, 3.8) is 0 Å². The summed E-state index contributed by atoms with van der Waals surface area (Å²) in [4.78, 5) is 11.3. The van der Waals surface area contributed by atoms with Gasteiger partial charge in [0, 0.05) is 5.92 Å². The first-order chi connectivity index (χ1) is 9.70. The van der Waals surface area contributed by atoms with Crippen LogP contribution < -0.4 is 0 Å². The molecule has 0 saturated heterocycles. The van der Waals surface area contributed by atoms with Crippen LogP contribution in [-0.2, 0) is 0 Å². The lowest BCUT2D eigenvalue weighted by Crippen LogP contribution is -2.03. The van der Waals surface area contributed by atoms with Crippen LogP contribution in [0.5, 0.6) is 0 Å². The van der Waals surface area contributed by atoms with Crippen LogP contribution in [0.4, 0.5) is 0 Å². The molecule has 0 aromatic carbocycles. The zero-order valence-corrected chi connectivity index (χ0v) is 12.0. The van der Waals surface area contributed by atoms with E-state index in [-0.39, 0.29) is 0 Å². The van der Waals surface area contributed by atoms with Gasteiger partial charge in [0.05, 0.1) is 17.0 Å². The van der Waals surface area contributed by atoms with Gasteiger partial charge in [0.25, 0.3) is 0 Å². The minimum atomic E-state index is 0.319. The van der Waals surface area contributed by atoms with Crippen molar-refractivity contribution >= 4 is 17.9 Å². The molecule has 1 aliphatic rings. The molecule has 20 heavy (non-hydrogen) atoms. The first-order valence-electron chi connectivity index (χ1n) is 6.75. The van der Waals surface area contributed by atoms with Crippen LogP contribution in [0.3, 0.4) is 0 Å². The number of aryl methyl sites for hydroxylation is 1. The van der Waals surface area contributed by atoms with Gasteiger partial charge in [0.15, 0.2) is 12.1 Å². The molecule has 0 atom stereocenters. The predicted molar refractivity (Wildman–Crippen MR) is 75.5 cm³/mol. The Balaban J connectivity index is 2.07. The Morgan fingerprint density at radius 1 is 1.30 bits per heavy atom. The van der Waals surface area contributed by atoms with Gasteiger partial charge >= 0.3 is 0 Å². The second kappa shape index (κ2) is 5.32. The van der Waals surface area contributed by atoms with Gasteiger partial charge in [-0.2, -0.15) is 10.2 Å². The van der Waals surface area contributed by atoms with Crippen molar-refractivity contribution < 1.29 is 4.79 Å². The van der Waals surface area contributed by atoms with Gasteiger partial charge in [0.1, 0.15) is 5.15 Å². The normalized spacial score (nSPS) is 15.7. The van der Waals surface area contributed by atoms with Crippen molar-refractivity contribution in [2.75, 3.05) is 0 Å². The van der Waals surface area contributed by atoms with Crippen molar-refractivity contribution in [1.82, 2.24) is 20.0 Å². The van der Waals surface area contributed by atoms with Gasteiger partial charge in [-0.1, -0.05) is 24.4 Å². The Hall–Kier alpha value is -1.75. The number of hydrogen-bond acceptors (Lipinski definition) is 4. The van der Waals surface area contributed by atoms with Gasteiger partial charge < -0.3 is 0 Å². The molecular formula is C14H15ClN4O. The fraction of sp³-hybridized carbons (Fsp3) is 0.429. The number of halogens is 1. The highest BCUT2D eigenvalue weighted by atomic mass is 35.5. The van der Waals surface area contributed by atoms with E-state index in [1.54, 1.807) is 6.07 Å². The molecule has 6 heteroatoms. The summed E-state index contributed by atoms with van der Waals surface area (Å²) in [6, 6.07) is 3.64. The molecule has 0 N–H and O–H groups in total. The molecule has 0 spiro atoms. The minimum Gasteiger partial charge on any atom is -0.298 e. The lowest BCUT2D eigenvalue weighted by Gasteiger charge is -2.05. The molecule has 2 heterocycles. The van der Waals surface area contributed by atoms with Crippen LogP contribution in [0.2, 0.25) is 5.15 Å². The van der Waals surface area contributed by atoms with Crippen molar-refractivity contribution in [1.29, 1.82) is 0 Å². The molecule has 1 aliphatic carbocycles. The van der Waals surface area contributed by atoms with E-state index in [1.165, 1.54) is 17.5 Å². The number of nitrogens with zero attached hydrogens (tertiary/aromatic N) is 4. The number of hydrogen-bond donors (Lipinski definition) is 0. The highest BCUT2D eigenvalue weighted by molar-refractivity contribution is 6.32. The van der Waals surface area contributed by atoms with Crippen LogP contribution in [0, 0.1) is 6.92 Å². The van der Waals surface area contributed by atoms with Crippen LogP contribution in [-0.4, -0.2) is 26.3 Å². The SMILES string of the molecule is Cc1ccc(-n2nc(C3CCCC3)c(C=O)c2Cl)nn1. The third-order valence-electron chi connectivity index (χ3n) is 3.75. The Morgan fingerprint density at radius 3 is 2.65 bits per heavy atom. The molecule has 0 unspecified atom stereocenters. The first kappa shape index (κ1) is 13.2. The standard InChI is InChI=1S/C14H15ClN4O/c1-9-6-7-12(17-16-9)19-14(15)11(8-20)13(18-19)10-4-2-3-5-10/h6-8,10H,2-5H2,1H3. The van der Waals surface area contributed by atoms with E-state index in [9.17, 15) is 4.79 Å². The van der Waals surface area contributed by atoms with Crippen molar-refractivity contribution in [2.45, 2.75) is 38.5 Å². The topological polar surface area (TPSA) is 60.7 Å². The Morgan fingerprint density at radius 2 is 2.05 bits per heavy atom. The Labute approximate surface area is 122 Å². The summed E-state index contributed by atoms with van der Waals surface area (Å²) >= 11 is 6.28. The average Bonchev–Trinajstić information content (AvgIpc) is 3.07. The van der Waals surface area contributed by atoms with E-state index in [1.807, 2.05) is 13.0 Å². The maximum Gasteiger partial charge on any atom is 0.177 e. The number of carbonyl (C=O) groups is 1. The van der Waals surface area contributed by atoms with Crippen LogP contribution in [0.25, 0.3) is 5.82 Å². The first-order valence-corrected chi connectivity index (χ1v) is 7.13. The molecule has 0 bridgehead atoms. The zero-order chi connectivity index (χ0) is 14.1. The number of aldehydes is 1. The number of rotatable bonds is 3. The van der Waals surface area contributed by atoms with Crippen LogP contribution >= 0.6 is 11.6 Å². The highest BCUT2D eigenvalue weighted by Crippen LogP contribution is 2.37. The maximum absolute atomic E-state index is 11.3. The number of carbonyl (C=O) groups excluding carboxylic acids is 1. The second-order valence-corrected chi connectivity index (χ2v) is 5.49. The van der Waals surface area contributed by atoms with E-state index in [0.717, 1.165) is 30.5 Å². The fourth-order valence-corrected chi connectivity index (χ4v) is 2.96. The molecule has 1 fully saturated rings. The van der Waals surface area contributed by atoms with Gasteiger partial charge in [0.2, 0.25) is 0 Å². The van der Waals surface area contributed by atoms with E-state index >= 15 is 0 Å². The molecule has 2 aromatic rings. The molecule has 0 aliphatic heterocycles. The molecule has 0 amide bonds. The lowest BCUT2D eigenvalue weighted by atomic mass is 10.0. The zero-order valence-electron chi connectivity index (χ0n) is 11.2. The minimum absolute atomic E-state index is 0.319. The lowest BCUT2D eigenvalue weighted by molar-refractivity contribution is 0.112. The van der Waals surface area contributed by atoms with Gasteiger partial charge in [-0.3, -0.25) is 4.79 Å². The summed E-state index contributed by atoms with van der Waals surface area (Å²) in [5.41, 5.74) is 2.11. The third-order valence-corrected chi connectivity index (χ3v) is 4.12. The summed E-state index contributed by atoms with van der Waals surface area (Å²) in [5.74, 6) is 0.861. The summed E-state index contributed by atoms with van der Waals surface area (Å²) < 4.78 is 1.51. The van der Waals surface area contributed by atoms with Gasteiger partial charge in [-0.15, -0.1) is 5.10 Å². The Bertz CT molecular complexity index is 629. The molecule has 5 nitrogen and oxygen atoms in total. The molecular weight excluding hydrogens is 276 g/mol. The summed E-state index contributed by atoms with van der Waals surface area (Å²) in [6.45, 7) is 1.86. The molecule has 1 saturated carbocycles. The summed E-state index contributed by atoms with van der Waals surface area (Å²) in [7, 11) is 0. The van der Waals surface area contributed by atoms with Crippen molar-refractivity contribution in [2.24, 2.45) is 0 Å². The summed E-state index contributed by atoms with van der Waals surface area (Å²) in [5, 5.41) is 12.9. The van der Waals surface area contributed by atoms with Crippen molar-refractivity contribution in [3.05, 3.63) is 34.2 Å². The highest BCUT2D eigenvalue weighted by Gasteiger charge is 2.26. The van der Waals surface area contributed by atoms with E-state index in [4.69, 9.17) is 11.6 Å². The van der Waals surface area contributed by atoms with E-state index in [2.05, 4.69) is 15.3 Å². The monoisotopic (exact) mass is 290 g/mol. The fourth-order valence-electron chi connectivity index (χ4n) is 2.69. The third kappa shape index (κ3) is 2.22. The Kier molecular flexibility index (Phi) is 3.53. The van der Waals surface area contributed by atoms with Crippen LogP contribution in [0.15, 0.2) is 12.1 Å². The van der Waals surface area contributed by atoms with Crippen molar-refractivity contribution in [3.8, 4) is 5.82 Å². The largest absolute Gasteiger partial charge is 0.298 e. The van der Waals surface area contributed by atoms with Gasteiger partial charge in [-0.25, -0.2) is 4.68 Å². The van der Waals surface area contributed by atoms with E-state index in [0.29, 0.717) is 22.5 Å².